The minimum Gasteiger partial charge on any atom is -0.350 e. The molecule has 1 aromatic heterocycles. The highest BCUT2D eigenvalue weighted by Gasteiger charge is 2.19. The summed E-state index contributed by atoms with van der Waals surface area (Å²) in [7, 11) is 4.00. The molecule has 6 heteroatoms. The Morgan fingerprint density at radius 1 is 1.15 bits per heavy atom. The normalized spacial score (nSPS) is 12.2. The highest BCUT2D eigenvalue weighted by Crippen LogP contribution is 2.23. The summed E-state index contributed by atoms with van der Waals surface area (Å²) in [6.45, 7) is 0.501. The van der Waals surface area contributed by atoms with Gasteiger partial charge in [0, 0.05) is 17.1 Å². The maximum absolute atomic E-state index is 12.7. The van der Waals surface area contributed by atoms with E-state index in [1.165, 1.54) is 0 Å². The molecule has 1 amide bonds. The molecule has 2 N–H and O–H groups in total. The SMILES string of the molecule is CN(C)[C@@H](CNC(=O)c1cn[nH]c1-c1ccc(Cl)cc1)c1ccccc1. The number of amides is 1. The predicted octanol–water partition coefficient (Wildman–Crippen LogP) is 3.76. The maximum Gasteiger partial charge on any atom is 0.255 e. The second kappa shape index (κ2) is 8.17. The molecule has 26 heavy (non-hydrogen) atoms. The van der Waals surface area contributed by atoms with Crippen molar-refractivity contribution in [3.05, 3.63) is 76.9 Å². The molecule has 0 fully saturated rings. The van der Waals surface area contributed by atoms with E-state index in [4.69, 9.17) is 11.6 Å². The molecule has 0 aliphatic heterocycles. The van der Waals surface area contributed by atoms with E-state index in [0.717, 1.165) is 11.1 Å². The largest absolute Gasteiger partial charge is 0.350 e. The van der Waals surface area contributed by atoms with Gasteiger partial charge in [0.05, 0.1) is 23.5 Å². The van der Waals surface area contributed by atoms with Crippen LogP contribution in [0.2, 0.25) is 5.02 Å². The van der Waals surface area contributed by atoms with Crippen LogP contribution >= 0.6 is 11.6 Å². The van der Waals surface area contributed by atoms with Crippen LogP contribution < -0.4 is 5.32 Å². The summed E-state index contributed by atoms with van der Waals surface area (Å²) in [6.07, 6.45) is 1.55. The molecule has 0 bridgehead atoms. The van der Waals surface area contributed by atoms with E-state index in [1.807, 2.05) is 44.4 Å². The van der Waals surface area contributed by atoms with Crippen molar-refractivity contribution < 1.29 is 4.79 Å². The van der Waals surface area contributed by atoms with Gasteiger partial charge >= 0.3 is 0 Å². The summed E-state index contributed by atoms with van der Waals surface area (Å²) >= 11 is 5.94. The van der Waals surface area contributed by atoms with E-state index in [0.29, 0.717) is 22.8 Å². The third-order valence-electron chi connectivity index (χ3n) is 4.28. The number of halogens is 1. The number of carbonyl (C=O) groups is 1. The summed E-state index contributed by atoms with van der Waals surface area (Å²) in [5.74, 6) is -0.161. The van der Waals surface area contributed by atoms with E-state index in [-0.39, 0.29) is 11.9 Å². The molecule has 0 saturated carbocycles. The van der Waals surface area contributed by atoms with Crippen LogP contribution in [0.3, 0.4) is 0 Å². The zero-order chi connectivity index (χ0) is 18.5. The monoisotopic (exact) mass is 368 g/mol. The molecule has 2 aromatic carbocycles. The van der Waals surface area contributed by atoms with Gasteiger partial charge in [0.25, 0.3) is 5.91 Å². The third kappa shape index (κ3) is 4.12. The second-order valence-electron chi connectivity index (χ2n) is 6.27. The molecule has 0 unspecified atom stereocenters. The molecule has 0 aliphatic rings. The van der Waals surface area contributed by atoms with Gasteiger partial charge in [-0.2, -0.15) is 5.10 Å². The van der Waals surface area contributed by atoms with Crippen LogP contribution in [0.25, 0.3) is 11.3 Å². The van der Waals surface area contributed by atoms with Gasteiger partial charge in [0.15, 0.2) is 0 Å². The number of likely N-dealkylation sites (N-methyl/N-ethyl adjacent to an activating group) is 1. The average molecular weight is 369 g/mol. The van der Waals surface area contributed by atoms with E-state index in [1.54, 1.807) is 18.3 Å². The van der Waals surface area contributed by atoms with Crippen molar-refractivity contribution in [3.63, 3.8) is 0 Å². The van der Waals surface area contributed by atoms with Crippen LogP contribution in [-0.4, -0.2) is 41.6 Å². The van der Waals surface area contributed by atoms with Gasteiger partial charge in [-0.15, -0.1) is 0 Å². The van der Waals surface area contributed by atoms with Crippen LogP contribution in [0.15, 0.2) is 60.8 Å². The summed E-state index contributed by atoms with van der Waals surface area (Å²) in [4.78, 5) is 14.8. The number of rotatable bonds is 6. The highest BCUT2D eigenvalue weighted by atomic mass is 35.5. The molecule has 1 atom stereocenters. The minimum atomic E-state index is -0.161. The number of aromatic amines is 1. The molecule has 0 aliphatic carbocycles. The van der Waals surface area contributed by atoms with Gasteiger partial charge in [0.2, 0.25) is 0 Å². The van der Waals surface area contributed by atoms with Gasteiger partial charge in [-0.25, -0.2) is 0 Å². The third-order valence-corrected chi connectivity index (χ3v) is 4.53. The lowest BCUT2D eigenvalue weighted by molar-refractivity contribution is 0.0942. The first kappa shape index (κ1) is 18.2. The van der Waals surface area contributed by atoms with E-state index in [9.17, 15) is 4.79 Å². The molecule has 5 nitrogen and oxygen atoms in total. The maximum atomic E-state index is 12.7. The Bertz CT molecular complexity index is 859. The van der Waals surface area contributed by atoms with Crippen molar-refractivity contribution >= 4 is 17.5 Å². The molecule has 0 spiro atoms. The summed E-state index contributed by atoms with van der Waals surface area (Å²) < 4.78 is 0. The number of H-pyrrole nitrogens is 1. The van der Waals surface area contributed by atoms with E-state index >= 15 is 0 Å². The zero-order valence-electron chi connectivity index (χ0n) is 14.7. The van der Waals surface area contributed by atoms with Crippen molar-refractivity contribution in [1.29, 1.82) is 0 Å². The number of carbonyl (C=O) groups excluding carboxylic acids is 1. The van der Waals surface area contributed by atoms with Gasteiger partial charge in [-0.05, 0) is 31.8 Å². The van der Waals surface area contributed by atoms with Gasteiger partial charge in [-0.3, -0.25) is 9.89 Å². The lowest BCUT2D eigenvalue weighted by Gasteiger charge is -2.25. The highest BCUT2D eigenvalue weighted by molar-refractivity contribution is 6.30. The molecular weight excluding hydrogens is 348 g/mol. The lowest BCUT2D eigenvalue weighted by atomic mass is 10.1. The summed E-state index contributed by atoms with van der Waals surface area (Å²) in [6, 6.07) is 17.5. The van der Waals surface area contributed by atoms with Crippen molar-refractivity contribution in [2.75, 3.05) is 20.6 Å². The van der Waals surface area contributed by atoms with Crippen LogP contribution in [0.5, 0.6) is 0 Å². The van der Waals surface area contributed by atoms with Gasteiger partial charge in [0.1, 0.15) is 0 Å². The second-order valence-corrected chi connectivity index (χ2v) is 6.70. The number of nitrogens with one attached hydrogen (secondary N) is 2. The number of nitrogens with zero attached hydrogens (tertiary/aromatic N) is 2. The Kier molecular flexibility index (Phi) is 5.71. The van der Waals surface area contributed by atoms with Crippen molar-refractivity contribution in [3.8, 4) is 11.3 Å². The van der Waals surface area contributed by atoms with E-state index < -0.39 is 0 Å². The zero-order valence-corrected chi connectivity index (χ0v) is 15.5. The average Bonchev–Trinajstić information content (AvgIpc) is 3.13. The number of aromatic nitrogens is 2. The Morgan fingerprint density at radius 2 is 1.85 bits per heavy atom. The first-order valence-electron chi connectivity index (χ1n) is 8.35. The number of hydrogen-bond acceptors (Lipinski definition) is 3. The van der Waals surface area contributed by atoms with Gasteiger partial charge < -0.3 is 10.2 Å². The van der Waals surface area contributed by atoms with Gasteiger partial charge in [-0.1, -0.05) is 54.1 Å². The molecule has 1 heterocycles. The Hall–Kier alpha value is -2.63. The predicted molar refractivity (Wildman–Crippen MR) is 104 cm³/mol. The van der Waals surface area contributed by atoms with Crippen molar-refractivity contribution in [1.82, 2.24) is 20.4 Å². The molecule has 0 radical (unpaired) electrons. The first-order valence-corrected chi connectivity index (χ1v) is 8.73. The molecule has 0 saturated heterocycles. The Morgan fingerprint density at radius 3 is 2.50 bits per heavy atom. The minimum absolute atomic E-state index is 0.0889. The van der Waals surface area contributed by atoms with Crippen LogP contribution in [0, 0.1) is 0 Å². The lowest BCUT2D eigenvalue weighted by Crippen LogP contribution is -2.34. The van der Waals surface area contributed by atoms with E-state index in [2.05, 4.69) is 32.5 Å². The smallest absolute Gasteiger partial charge is 0.255 e. The molecular formula is C20H21ClN4O. The fraction of sp³-hybridized carbons (Fsp3) is 0.200. The fourth-order valence-electron chi connectivity index (χ4n) is 2.85. The van der Waals surface area contributed by atoms with Crippen LogP contribution in [0.1, 0.15) is 22.0 Å². The standard InChI is InChI=1S/C20H21ClN4O/c1-25(2)18(14-6-4-3-5-7-14)13-22-20(26)17-12-23-24-19(17)15-8-10-16(21)11-9-15/h3-12,18H,13H2,1-2H3,(H,22,26)(H,23,24)/t18-/m0/s1. The topological polar surface area (TPSA) is 61.0 Å². The Labute approximate surface area is 158 Å². The number of hydrogen-bond donors (Lipinski definition) is 2. The number of benzene rings is 2. The molecule has 134 valence electrons. The van der Waals surface area contributed by atoms with Crippen LogP contribution in [0.4, 0.5) is 0 Å². The summed E-state index contributed by atoms with van der Waals surface area (Å²) in [5, 5.41) is 10.6. The van der Waals surface area contributed by atoms with Crippen molar-refractivity contribution in [2.24, 2.45) is 0 Å². The molecule has 3 aromatic rings. The fourth-order valence-corrected chi connectivity index (χ4v) is 2.98. The van der Waals surface area contributed by atoms with Crippen LogP contribution in [-0.2, 0) is 0 Å². The summed E-state index contributed by atoms with van der Waals surface area (Å²) in [5.41, 5.74) is 3.21. The van der Waals surface area contributed by atoms with Crippen molar-refractivity contribution in [2.45, 2.75) is 6.04 Å². The Balaban J connectivity index is 1.74. The first-order chi connectivity index (χ1) is 12.6. The quantitative estimate of drug-likeness (QED) is 0.696. The molecule has 3 rings (SSSR count).